The molecule has 0 aromatic heterocycles. The van der Waals surface area contributed by atoms with E-state index in [2.05, 4.69) is 0 Å². The lowest BCUT2D eigenvalue weighted by Crippen LogP contribution is -2.22. The van der Waals surface area contributed by atoms with E-state index in [1.165, 1.54) is 18.2 Å². The summed E-state index contributed by atoms with van der Waals surface area (Å²) >= 11 is 5.95. The minimum atomic E-state index is -0.450. The summed E-state index contributed by atoms with van der Waals surface area (Å²) in [5, 5.41) is 10.5. The van der Waals surface area contributed by atoms with Crippen LogP contribution in [0.2, 0.25) is 5.02 Å². The molecule has 3 heteroatoms. The lowest BCUT2D eigenvalue weighted by Gasteiger charge is -2.20. The zero-order chi connectivity index (χ0) is 12.1. The minimum Gasteiger partial charge on any atom is -0.392 e. The first-order valence-corrected chi connectivity index (χ1v) is 6.08. The second-order valence-electron chi connectivity index (χ2n) is 4.08. The third-order valence-electron chi connectivity index (χ3n) is 3.03. The fourth-order valence-corrected chi connectivity index (χ4v) is 2.12. The molecule has 1 aromatic rings. The Labute approximate surface area is 101 Å². The molecule has 0 bridgehead atoms. The van der Waals surface area contributed by atoms with Crippen LogP contribution in [0.4, 0.5) is 4.39 Å². The largest absolute Gasteiger partial charge is 0.392 e. The first-order chi connectivity index (χ1) is 7.58. The van der Waals surface area contributed by atoms with Gasteiger partial charge in [0, 0.05) is 11.4 Å². The summed E-state index contributed by atoms with van der Waals surface area (Å²) in [6, 6.07) is 4.26. The lowest BCUT2D eigenvalue weighted by atomic mass is 9.92. The number of aliphatic hydroxyl groups excluding tert-OH is 1. The van der Waals surface area contributed by atoms with Crippen LogP contribution >= 0.6 is 11.6 Å². The van der Waals surface area contributed by atoms with Gasteiger partial charge in [-0.25, -0.2) is 4.39 Å². The Balaban J connectivity index is 2.75. The van der Waals surface area contributed by atoms with Gasteiger partial charge in [-0.2, -0.15) is 0 Å². The van der Waals surface area contributed by atoms with Gasteiger partial charge in [0.2, 0.25) is 0 Å². The normalized spacial score (nSPS) is 13.1. The number of hydrogen-bond donors (Lipinski definition) is 1. The molecule has 1 unspecified atom stereocenters. The van der Waals surface area contributed by atoms with Gasteiger partial charge in [-0.1, -0.05) is 38.3 Å². The highest BCUT2D eigenvalue weighted by Crippen LogP contribution is 2.22. The molecule has 0 heterocycles. The molecular weight excluding hydrogens is 227 g/mol. The summed E-state index contributed by atoms with van der Waals surface area (Å²) in [6.45, 7) is 4.09. The van der Waals surface area contributed by atoms with E-state index in [9.17, 15) is 9.50 Å². The standard InChI is InChI=1S/C13H18ClFO/c1-3-9(4-2)13(16)8-10-7-11(15)5-6-12(10)14/h5-7,9,13,16H,3-4,8H2,1-2H3. The molecule has 0 aliphatic rings. The van der Waals surface area contributed by atoms with E-state index in [4.69, 9.17) is 11.6 Å². The third kappa shape index (κ3) is 3.46. The Morgan fingerprint density at radius 3 is 2.50 bits per heavy atom. The van der Waals surface area contributed by atoms with Crippen molar-refractivity contribution >= 4 is 11.6 Å². The van der Waals surface area contributed by atoms with Crippen molar-refractivity contribution in [2.75, 3.05) is 0 Å². The molecule has 0 aliphatic heterocycles. The van der Waals surface area contributed by atoms with Crippen molar-refractivity contribution < 1.29 is 9.50 Å². The molecule has 90 valence electrons. The van der Waals surface area contributed by atoms with Crippen LogP contribution in [-0.4, -0.2) is 11.2 Å². The van der Waals surface area contributed by atoms with Gasteiger partial charge in [0.25, 0.3) is 0 Å². The summed E-state index contributed by atoms with van der Waals surface area (Å²) in [5.41, 5.74) is 0.682. The zero-order valence-electron chi connectivity index (χ0n) is 9.71. The first kappa shape index (κ1) is 13.5. The molecular formula is C13H18ClFO. The van der Waals surface area contributed by atoms with Crippen LogP contribution in [-0.2, 0) is 6.42 Å². The van der Waals surface area contributed by atoms with E-state index >= 15 is 0 Å². The van der Waals surface area contributed by atoms with Gasteiger partial charge < -0.3 is 5.11 Å². The second-order valence-corrected chi connectivity index (χ2v) is 4.49. The Morgan fingerprint density at radius 2 is 1.94 bits per heavy atom. The van der Waals surface area contributed by atoms with Gasteiger partial charge in [-0.3, -0.25) is 0 Å². The molecule has 1 rings (SSSR count). The molecule has 0 radical (unpaired) electrons. The van der Waals surface area contributed by atoms with Gasteiger partial charge in [0.1, 0.15) is 5.82 Å². The van der Waals surface area contributed by atoms with Gasteiger partial charge in [-0.05, 0) is 29.7 Å². The Hall–Kier alpha value is -0.600. The highest BCUT2D eigenvalue weighted by Gasteiger charge is 2.17. The molecule has 0 amide bonds. The number of aliphatic hydroxyl groups is 1. The molecule has 0 spiro atoms. The smallest absolute Gasteiger partial charge is 0.123 e. The van der Waals surface area contributed by atoms with Gasteiger partial charge in [0.15, 0.2) is 0 Å². The highest BCUT2D eigenvalue weighted by molar-refractivity contribution is 6.31. The Bertz CT molecular complexity index is 337. The maximum atomic E-state index is 13.0. The molecule has 0 saturated carbocycles. The van der Waals surface area contributed by atoms with Gasteiger partial charge >= 0.3 is 0 Å². The van der Waals surface area contributed by atoms with E-state index in [-0.39, 0.29) is 11.7 Å². The molecule has 0 fully saturated rings. The topological polar surface area (TPSA) is 20.2 Å². The van der Waals surface area contributed by atoms with Crippen LogP contribution < -0.4 is 0 Å². The van der Waals surface area contributed by atoms with Crippen LogP contribution in [0.5, 0.6) is 0 Å². The Kier molecular flexibility index (Phi) is 5.23. The highest BCUT2D eigenvalue weighted by atomic mass is 35.5. The van der Waals surface area contributed by atoms with Crippen molar-refractivity contribution in [3.8, 4) is 0 Å². The van der Waals surface area contributed by atoms with Crippen molar-refractivity contribution in [3.05, 3.63) is 34.6 Å². The molecule has 1 N–H and O–H groups in total. The molecule has 1 nitrogen and oxygen atoms in total. The molecule has 1 aromatic carbocycles. The van der Waals surface area contributed by atoms with Gasteiger partial charge in [0.05, 0.1) is 6.10 Å². The van der Waals surface area contributed by atoms with Crippen molar-refractivity contribution in [2.45, 2.75) is 39.2 Å². The number of halogens is 2. The van der Waals surface area contributed by atoms with Crippen LogP contribution in [0.15, 0.2) is 18.2 Å². The lowest BCUT2D eigenvalue weighted by molar-refractivity contribution is 0.103. The fraction of sp³-hybridized carbons (Fsp3) is 0.538. The monoisotopic (exact) mass is 244 g/mol. The Morgan fingerprint density at radius 1 is 1.31 bits per heavy atom. The summed E-state index contributed by atoms with van der Waals surface area (Å²) < 4.78 is 13.0. The second kappa shape index (κ2) is 6.21. The van der Waals surface area contributed by atoms with Crippen LogP contribution in [0, 0.1) is 11.7 Å². The first-order valence-electron chi connectivity index (χ1n) is 5.70. The van der Waals surface area contributed by atoms with Crippen LogP contribution in [0.3, 0.4) is 0 Å². The predicted octanol–water partition coefficient (Wildman–Crippen LogP) is 3.82. The number of rotatable bonds is 5. The van der Waals surface area contributed by atoms with Gasteiger partial charge in [-0.15, -0.1) is 0 Å². The van der Waals surface area contributed by atoms with E-state index in [1.807, 2.05) is 13.8 Å². The molecule has 0 aliphatic carbocycles. The van der Waals surface area contributed by atoms with Crippen molar-refractivity contribution in [2.24, 2.45) is 5.92 Å². The molecule has 16 heavy (non-hydrogen) atoms. The average Bonchev–Trinajstić information content (AvgIpc) is 2.25. The summed E-state index contributed by atoms with van der Waals surface area (Å²) in [5.74, 6) is -0.0597. The van der Waals surface area contributed by atoms with Crippen molar-refractivity contribution in [1.29, 1.82) is 0 Å². The van der Waals surface area contributed by atoms with Crippen LogP contribution in [0.25, 0.3) is 0 Å². The quantitative estimate of drug-likeness (QED) is 0.835. The summed E-state index contributed by atoms with van der Waals surface area (Å²) in [7, 11) is 0. The van der Waals surface area contributed by atoms with E-state index < -0.39 is 6.10 Å². The van der Waals surface area contributed by atoms with E-state index in [0.29, 0.717) is 17.0 Å². The summed E-state index contributed by atoms with van der Waals surface area (Å²) in [4.78, 5) is 0. The maximum Gasteiger partial charge on any atom is 0.123 e. The predicted molar refractivity (Wildman–Crippen MR) is 65.2 cm³/mol. The third-order valence-corrected chi connectivity index (χ3v) is 3.40. The van der Waals surface area contributed by atoms with Crippen molar-refractivity contribution in [3.63, 3.8) is 0 Å². The molecule has 1 atom stereocenters. The fourth-order valence-electron chi connectivity index (χ4n) is 1.92. The summed E-state index contributed by atoms with van der Waals surface area (Å²) in [6.07, 6.45) is 1.81. The van der Waals surface area contributed by atoms with E-state index in [1.54, 1.807) is 0 Å². The number of benzene rings is 1. The SMILES string of the molecule is CCC(CC)C(O)Cc1cc(F)ccc1Cl. The van der Waals surface area contributed by atoms with E-state index in [0.717, 1.165) is 12.8 Å². The van der Waals surface area contributed by atoms with Crippen LogP contribution in [0.1, 0.15) is 32.3 Å². The number of hydrogen-bond acceptors (Lipinski definition) is 1. The zero-order valence-corrected chi connectivity index (χ0v) is 10.5. The minimum absolute atomic E-state index is 0.249. The van der Waals surface area contributed by atoms with Crippen molar-refractivity contribution in [1.82, 2.24) is 0 Å². The average molecular weight is 245 g/mol. The molecule has 0 saturated heterocycles. The maximum absolute atomic E-state index is 13.0.